The maximum Gasteiger partial charge on any atom is 0.321 e. The van der Waals surface area contributed by atoms with Gasteiger partial charge in [-0.25, -0.2) is 4.79 Å². The second-order valence-electron chi connectivity index (χ2n) is 3.67. The van der Waals surface area contributed by atoms with E-state index in [1.54, 1.807) is 0 Å². The first kappa shape index (κ1) is 12.3. The van der Waals surface area contributed by atoms with Gasteiger partial charge in [0, 0.05) is 6.04 Å². The van der Waals surface area contributed by atoms with E-state index in [2.05, 4.69) is 20.8 Å². The summed E-state index contributed by atoms with van der Waals surface area (Å²) in [5.74, 6) is -0.145. The zero-order valence-electron chi connectivity index (χ0n) is 9.23. The number of hydrogen-bond acceptors (Lipinski definition) is 6. The lowest BCUT2D eigenvalue weighted by Crippen LogP contribution is -2.41. The minimum absolute atomic E-state index is 0.173. The van der Waals surface area contributed by atoms with Crippen molar-refractivity contribution in [3.8, 4) is 0 Å². The van der Waals surface area contributed by atoms with Crippen LogP contribution in [0.25, 0.3) is 0 Å². The molecule has 1 aliphatic rings. The molecule has 0 bridgehead atoms. The monoisotopic (exact) mass is 272 g/mol. The van der Waals surface area contributed by atoms with E-state index >= 15 is 0 Å². The Kier molecular flexibility index (Phi) is 3.95. The number of aryl methyl sites for hydroxylation is 1. The quantitative estimate of drug-likeness (QED) is 0.796. The molecule has 1 aliphatic carbocycles. The van der Waals surface area contributed by atoms with Gasteiger partial charge in [0.2, 0.25) is 5.91 Å². The number of thioether (sulfide) groups is 1. The zero-order valence-corrected chi connectivity index (χ0v) is 10.9. The number of carbonyl (C=O) groups excluding carboxylic acids is 2. The number of amides is 3. The molecule has 0 atom stereocenters. The van der Waals surface area contributed by atoms with Crippen molar-refractivity contribution in [2.24, 2.45) is 0 Å². The maximum atomic E-state index is 11.4. The van der Waals surface area contributed by atoms with Gasteiger partial charge in [0.05, 0.1) is 5.75 Å². The summed E-state index contributed by atoms with van der Waals surface area (Å²) in [5.41, 5.74) is 0. The van der Waals surface area contributed by atoms with Crippen LogP contribution in [-0.4, -0.2) is 33.9 Å². The molecule has 6 nitrogen and oxygen atoms in total. The van der Waals surface area contributed by atoms with Crippen molar-refractivity contribution in [3.63, 3.8) is 0 Å². The predicted octanol–water partition coefficient (Wildman–Crippen LogP) is 0.927. The van der Waals surface area contributed by atoms with Crippen LogP contribution in [0.4, 0.5) is 4.79 Å². The topological polar surface area (TPSA) is 84.0 Å². The smallest absolute Gasteiger partial charge is 0.321 e. The molecule has 2 N–H and O–H groups in total. The molecule has 8 heteroatoms. The Morgan fingerprint density at radius 2 is 2.24 bits per heavy atom. The molecule has 0 aromatic carbocycles. The van der Waals surface area contributed by atoms with Gasteiger partial charge in [-0.05, 0) is 19.8 Å². The molecular formula is C9H12N4O2S2. The lowest BCUT2D eigenvalue weighted by Gasteiger charge is -2.03. The number of hydrogen-bond donors (Lipinski definition) is 2. The lowest BCUT2D eigenvalue weighted by atomic mass is 10.6. The van der Waals surface area contributed by atoms with Gasteiger partial charge in [-0.1, -0.05) is 23.1 Å². The van der Waals surface area contributed by atoms with Gasteiger partial charge in [-0.2, -0.15) is 0 Å². The normalized spacial score (nSPS) is 14.4. The number of imide groups is 1. The van der Waals surface area contributed by atoms with E-state index in [0.717, 1.165) is 22.2 Å². The Hall–Kier alpha value is -1.15. The van der Waals surface area contributed by atoms with Gasteiger partial charge in [-0.15, -0.1) is 10.2 Å². The van der Waals surface area contributed by atoms with Crippen molar-refractivity contribution in [2.75, 3.05) is 5.75 Å². The molecule has 0 unspecified atom stereocenters. The van der Waals surface area contributed by atoms with Gasteiger partial charge in [0.25, 0.3) is 0 Å². The fourth-order valence-electron chi connectivity index (χ4n) is 1.08. The first-order valence-corrected chi connectivity index (χ1v) is 6.97. The standard InChI is InChI=1S/C9H12N4O2S2/c1-5-12-13-9(17-5)16-4-7(14)11-8(15)10-6-2-3-6/h6H,2-4H2,1H3,(H2,10,11,14,15). The molecule has 3 amide bonds. The molecule has 0 spiro atoms. The van der Waals surface area contributed by atoms with Crippen molar-refractivity contribution >= 4 is 35.0 Å². The van der Waals surface area contributed by atoms with Crippen LogP contribution in [0.2, 0.25) is 0 Å². The first-order valence-electron chi connectivity index (χ1n) is 5.17. The molecule has 0 saturated heterocycles. The highest BCUT2D eigenvalue weighted by Crippen LogP contribution is 2.21. The largest absolute Gasteiger partial charge is 0.335 e. The van der Waals surface area contributed by atoms with Crippen LogP contribution in [0.1, 0.15) is 17.8 Å². The van der Waals surface area contributed by atoms with E-state index in [1.807, 2.05) is 6.92 Å². The Balaban J connectivity index is 1.67. The highest BCUT2D eigenvalue weighted by molar-refractivity contribution is 8.01. The minimum atomic E-state index is -0.411. The van der Waals surface area contributed by atoms with Crippen LogP contribution < -0.4 is 10.6 Å². The molecule has 2 rings (SSSR count). The summed E-state index contributed by atoms with van der Waals surface area (Å²) in [4.78, 5) is 22.6. The molecule has 1 saturated carbocycles. The van der Waals surface area contributed by atoms with Crippen LogP contribution in [0, 0.1) is 6.92 Å². The van der Waals surface area contributed by atoms with Crippen LogP contribution in [0.15, 0.2) is 4.34 Å². The third kappa shape index (κ3) is 4.31. The van der Waals surface area contributed by atoms with Crippen LogP contribution in [0.5, 0.6) is 0 Å². The Labute approximate surface area is 107 Å². The summed E-state index contributed by atoms with van der Waals surface area (Å²) in [6, 6.07) is -0.159. The van der Waals surface area contributed by atoms with E-state index in [0.29, 0.717) is 0 Å². The van der Waals surface area contributed by atoms with Crippen LogP contribution in [-0.2, 0) is 4.79 Å². The molecular weight excluding hydrogens is 260 g/mol. The summed E-state index contributed by atoms with van der Waals surface area (Å²) in [5, 5.41) is 13.5. The Bertz CT molecular complexity index is 430. The third-order valence-corrected chi connectivity index (χ3v) is 3.97. The van der Waals surface area contributed by atoms with Gasteiger partial charge in [0.15, 0.2) is 4.34 Å². The number of aromatic nitrogens is 2. The SMILES string of the molecule is Cc1nnc(SCC(=O)NC(=O)NC2CC2)s1. The van der Waals surface area contributed by atoms with Crippen molar-refractivity contribution in [2.45, 2.75) is 30.1 Å². The average molecular weight is 272 g/mol. The molecule has 1 aromatic heterocycles. The highest BCUT2D eigenvalue weighted by Gasteiger charge is 2.23. The molecule has 92 valence electrons. The van der Waals surface area contributed by atoms with Crippen molar-refractivity contribution < 1.29 is 9.59 Å². The van der Waals surface area contributed by atoms with Crippen LogP contribution >= 0.6 is 23.1 Å². The number of carbonyl (C=O) groups is 2. The van der Waals surface area contributed by atoms with Gasteiger partial charge >= 0.3 is 6.03 Å². The molecule has 17 heavy (non-hydrogen) atoms. The second kappa shape index (κ2) is 5.46. The first-order chi connectivity index (χ1) is 8.13. The second-order valence-corrected chi connectivity index (χ2v) is 6.08. The number of nitrogens with zero attached hydrogens (tertiary/aromatic N) is 2. The summed E-state index contributed by atoms with van der Waals surface area (Å²) in [6.07, 6.45) is 2.00. The van der Waals surface area contributed by atoms with Gasteiger partial charge in [-0.3, -0.25) is 10.1 Å². The highest BCUT2D eigenvalue weighted by atomic mass is 32.2. The van der Waals surface area contributed by atoms with Crippen molar-refractivity contribution in [1.29, 1.82) is 0 Å². The van der Waals surface area contributed by atoms with E-state index in [9.17, 15) is 9.59 Å². The van der Waals surface area contributed by atoms with E-state index in [1.165, 1.54) is 23.1 Å². The fraction of sp³-hybridized carbons (Fsp3) is 0.556. The average Bonchev–Trinajstić information content (AvgIpc) is 2.96. The number of nitrogens with one attached hydrogen (secondary N) is 2. The molecule has 1 heterocycles. The van der Waals surface area contributed by atoms with E-state index in [4.69, 9.17) is 0 Å². The number of rotatable bonds is 4. The zero-order chi connectivity index (χ0) is 12.3. The third-order valence-electron chi connectivity index (χ3n) is 2.00. The van der Waals surface area contributed by atoms with E-state index < -0.39 is 6.03 Å². The van der Waals surface area contributed by atoms with Crippen molar-refractivity contribution in [3.05, 3.63) is 5.01 Å². The number of urea groups is 1. The lowest BCUT2D eigenvalue weighted by molar-refractivity contribution is -0.117. The van der Waals surface area contributed by atoms with Crippen LogP contribution in [0.3, 0.4) is 0 Å². The molecule has 0 aliphatic heterocycles. The van der Waals surface area contributed by atoms with E-state index in [-0.39, 0.29) is 17.7 Å². The summed E-state index contributed by atoms with van der Waals surface area (Å²) in [6.45, 7) is 1.85. The van der Waals surface area contributed by atoms with Gasteiger partial charge in [0.1, 0.15) is 5.01 Å². The molecule has 1 aromatic rings. The fourth-order valence-corrected chi connectivity index (χ4v) is 2.69. The summed E-state index contributed by atoms with van der Waals surface area (Å²) in [7, 11) is 0. The summed E-state index contributed by atoms with van der Waals surface area (Å²) < 4.78 is 0.736. The van der Waals surface area contributed by atoms with Gasteiger partial charge < -0.3 is 5.32 Å². The minimum Gasteiger partial charge on any atom is -0.335 e. The maximum absolute atomic E-state index is 11.4. The Morgan fingerprint density at radius 1 is 1.47 bits per heavy atom. The predicted molar refractivity (Wildman–Crippen MR) is 65.1 cm³/mol. The Morgan fingerprint density at radius 3 is 2.82 bits per heavy atom. The summed E-state index contributed by atoms with van der Waals surface area (Å²) >= 11 is 2.71. The van der Waals surface area contributed by atoms with Crippen molar-refractivity contribution in [1.82, 2.24) is 20.8 Å². The molecule has 1 fully saturated rings. The molecule has 0 radical (unpaired) electrons.